The molecule has 2 amide bonds. The second kappa shape index (κ2) is 11.2. The van der Waals surface area contributed by atoms with E-state index in [9.17, 15) is 26.8 Å². The van der Waals surface area contributed by atoms with E-state index < -0.39 is 50.6 Å². The smallest absolute Gasteiger partial charge is 0.247 e. The van der Waals surface area contributed by atoms with Crippen LogP contribution in [0.4, 0.5) is 8.78 Å². The number of likely N-dealkylation sites (N-methyl/N-ethyl adjacent to an activating group) is 1. The number of nitrogens with zero attached hydrogens (tertiary/aromatic N) is 1. The number of ether oxygens (including phenoxy) is 1. The van der Waals surface area contributed by atoms with E-state index in [2.05, 4.69) is 10.0 Å². The third-order valence-electron chi connectivity index (χ3n) is 6.97. The van der Waals surface area contributed by atoms with Crippen molar-refractivity contribution in [1.29, 1.82) is 0 Å². The van der Waals surface area contributed by atoms with Crippen molar-refractivity contribution in [2.75, 3.05) is 20.2 Å². The first-order valence-corrected chi connectivity index (χ1v) is 14.4. The van der Waals surface area contributed by atoms with Crippen LogP contribution in [0.15, 0.2) is 48.0 Å². The standard InChI is InChI=1S/C27H31ClF2N4O5S/c1-26(2)20(23(40(37,38)33-26)16-4-7-18(28)8-5-16)13-34(3)24(35)22(32-25(36)27(31)10-11-27)15-39-14-17-6-9-19(29)12-21(17)30/h4-9,12,22,33H,10-11,13-15,31H2,1-3H3,(H,32,36)/t22-/m1/s1. The molecule has 4 rings (SSSR count). The molecule has 216 valence electrons. The lowest BCUT2D eigenvalue weighted by Crippen LogP contribution is -2.55. The number of rotatable bonds is 10. The molecule has 0 aromatic heterocycles. The SMILES string of the molecule is CN(CC1=C(c2ccc(Cl)cc2)S(=O)(=O)NC1(C)C)C(=O)[C@@H](COCc1ccc(F)cc1F)NC(=O)C1(N)CC1. The van der Waals surface area contributed by atoms with Gasteiger partial charge in [-0.3, -0.25) is 9.59 Å². The van der Waals surface area contributed by atoms with Gasteiger partial charge in [-0.2, -0.15) is 0 Å². The minimum atomic E-state index is -3.91. The topological polar surface area (TPSA) is 131 Å². The van der Waals surface area contributed by atoms with Gasteiger partial charge >= 0.3 is 0 Å². The Morgan fingerprint density at radius 1 is 1.18 bits per heavy atom. The highest BCUT2D eigenvalue weighted by Crippen LogP contribution is 2.38. The van der Waals surface area contributed by atoms with Crippen LogP contribution in [0.1, 0.15) is 37.8 Å². The van der Waals surface area contributed by atoms with Crippen molar-refractivity contribution in [2.24, 2.45) is 5.73 Å². The fraction of sp³-hybridized carbons (Fsp3) is 0.407. The van der Waals surface area contributed by atoms with E-state index in [0.717, 1.165) is 12.1 Å². The first-order chi connectivity index (χ1) is 18.6. The minimum absolute atomic E-state index is 0.0383. The van der Waals surface area contributed by atoms with E-state index in [-0.39, 0.29) is 30.2 Å². The molecule has 1 saturated carbocycles. The lowest BCUT2D eigenvalue weighted by Gasteiger charge is -2.29. The minimum Gasteiger partial charge on any atom is -0.374 e. The molecule has 0 unspecified atom stereocenters. The van der Waals surface area contributed by atoms with Gasteiger partial charge in [0.05, 0.1) is 29.2 Å². The van der Waals surface area contributed by atoms with Gasteiger partial charge in [-0.25, -0.2) is 21.9 Å². The van der Waals surface area contributed by atoms with Gasteiger partial charge in [-0.1, -0.05) is 29.8 Å². The lowest BCUT2D eigenvalue weighted by atomic mass is 9.92. The van der Waals surface area contributed by atoms with Crippen molar-refractivity contribution < 1.29 is 31.5 Å². The van der Waals surface area contributed by atoms with Crippen LogP contribution in [0, 0.1) is 11.6 Å². The molecule has 0 saturated heterocycles. The molecule has 0 bridgehead atoms. The molecule has 9 nitrogen and oxygen atoms in total. The van der Waals surface area contributed by atoms with Crippen LogP contribution in [0.5, 0.6) is 0 Å². The molecular formula is C27H31ClF2N4O5S. The number of amides is 2. The molecule has 1 aliphatic heterocycles. The largest absolute Gasteiger partial charge is 0.374 e. The van der Waals surface area contributed by atoms with Crippen molar-refractivity contribution in [3.05, 3.63) is 75.8 Å². The highest BCUT2D eigenvalue weighted by Gasteiger charge is 2.48. The Kier molecular flexibility index (Phi) is 8.40. The third kappa shape index (κ3) is 6.52. The molecule has 13 heteroatoms. The summed E-state index contributed by atoms with van der Waals surface area (Å²) in [7, 11) is -2.43. The van der Waals surface area contributed by atoms with Gasteiger partial charge < -0.3 is 20.7 Å². The van der Waals surface area contributed by atoms with Crippen molar-refractivity contribution >= 4 is 38.3 Å². The van der Waals surface area contributed by atoms with Crippen LogP contribution in [-0.2, 0) is 31.0 Å². The zero-order valence-corrected chi connectivity index (χ0v) is 23.8. The molecule has 1 aliphatic carbocycles. The van der Waals surface area contributed by atoms with E-state index in [1.54, 1.807) is 38.1 Å². The summed E-state index contributed by atoms with van der Waals surface area (Å²) < 4.78 is 61.7. The number of halogens is 3. The van der Waals surface area contributed by atoms with Crippen LogP contribution in [-0.4, -0.2) is 62.5 Å². The fourth-order valence-corrected chi connectivity index (χ4v) is 6.55. The number of benzene rings is 2. The maximum Gasteiger partial charge on any atom is 0.247 e. The molecule has 0 spiro atoms. The van der Waals surface area contributed by atoms with E-state index >= 15 is 0 Å². The van der Waals surface area contributed by atoms with Gasteiger partial charge in [0.25, 0.3) is 0 Å². The van der Waals surface area contributed by atoms with Crippen LogP contribution < -0.4 is 15.8 Å². The number of carbonyl (C=O) groups is 2. The molecule has 1 atom stereocenters. The normalized spacial score (nSPS) is 19.3. The second-order valence-electron chi connectivity index (χ2n) is 10.7. The van der Waals surface area contributed by atoms with Crippen LogP contribution in [0.3, 0.4) is 0 Å². The van der Waals surface area contributed by atoms with Crippen LogP contribution in [0.25, 0.3) is 4.91 Å². The summed E-state index contributed by atoms with van der Waals surface area (Å²) in [4.78, 5) is 27.6. The molecule has 1 heterocycles. The van der Waals surface area contributed by atoms with Crippen molar-refractivity contribution in [3.8, 4) is 0 Å². The zero-order valence-electron chi connectivity index (χ0n) is 22.3. The van der Waals surface area contributed by atoms with Gasteiger partial charge in [0.15, 0.2) is 0 Å². The van der Waals surface area contributed by atoms with E-state index in [1.807, 2.05) is 0 Å². The number of nitrogens with two attached hydrogens (primary N) is 1. The Bertz CT molecular complexity index is 1460. The van der Waals surface area contributed by atoms with E-state index in [0.29, 0.717) is 29.0 Å². The average molecular weight is 597 g/mol. The first kappa shape index (κ1) is 30.1. The molecule has 2 aromatic rings. The summed E-state index contributed by atoms with van der Waals surface area (Å²) in [6.07, 6.45) is 0.929. The van der Waals surface area contributed by atoms with Crippen molar-refractivity contribution in [1.82, 2.24) is 14.9 Å². The predicted molar refractivity (Wildman–Crippen MR) is 146 cm³/mol. The number of hydrogen-bond acceptors (Lipinski definition) is 6. The Hall–Kier alpha value is -2.90. The maximum atomic E-state index is 14.0. The molecule has 40 heavy (non-hydrogen) atoms. The highest BCUT2D eigenvalue weighted by molar-refractivity contribution is 7.99. The van der Waals surface area contributed by atoms with Gasteiger partial charge in [0.1, 0.15) is 17.7 Å². The molecule has 0 radical (unpaired) electrons. The average Bonchev–Trinajstić information content (AvgIpc) is 3.58. The van der Waals surface area contributed by atoms with Crippen molar-refractivity contribution in [3.63, 3.8) is 0 Å². The molecule has 2 aromatic carbocycles. The van der Waals surface area contributed by atoms with E-state index in [1.165, 1.54) is 18.0 Å². The highest BCUT2D eigenvalue weighted by atomic mass is 35.5. The number of hydrogen-bond donors (Lipinski definition) is 3. The number of carbonyl (C=O) groups excluding carboxylic acids is 2. The van der Waals surface area contributed by atoms with Gasteiger partial charge in [-0.15, -0.1) is 0 Å². The zero-order chi connectivity index (χ0) is 29.5. The Morgan fingerprint density at radius 3 is 2.42 bits per heavy atom. The fourth-order valence-electron chi connectivity index (χ4n) is 4.44. The summed E-state index contributed by atoms with van der Waals surface area (Å²) in [6, 6.07) is 8.16. The second-order valence-corrected chi connectivity index (χ2v) is 12.7. The van der Waals surface area contributed by atoms with Crippen molar-refractivity contribution in [2.45, 2.75) is 50.4 Å². The Balaban J connectivity index is 1.57. The first-order valence-electron chi connectivity index (χ1n) is 12.5. The molecule has 2 aliphatic rings. The third-order valence-corrected chi connectivity index (χ3v) is 9.02. The Labute approximate surface area is 236 Å². The maximum absolute atomic E-state index is 14.0. The molecule has 1 fully saturated rings. The quantitative estimate of drug-likeness (QED) is 0.387. The summed E-state index contributed by atoms with van der Waals surface area (Å²) in [6.45, 7) is 2.68. The summed E-state index contributed by atoms with van der Waals surface area (Å²) in [5.74, 6) is -2.64. The number of sulfonamides is 1. The van der Waals surface area contributed by atoms with Crippen LogP contribution >= 0.6 is 11.6 Å². The van der Waals surface area contributed by atoms with Gasteiger partial charge in [0.2, 0.25) is 21.8 Å². The van der Waals surface area contributed by atoms with Crippen LogP contribution in [0.2, 0.25) is 5.02 Å². The monoisotopic (exact) mass is 596 g/mol. The molecule has 4 N–H and O–H groups in total. The van der Waals surface area contributed by atoms with Gasteiger partial charge in [0, 0.05) is 30.2 Å². The number of nitrogens with one attached hydrogen (secondary N) is 2. The van der Waals surface area contributed by atoms with E-state index in [4.69, 9.17) is 22.1 Å². The summed E-state index contributed by atoms with van der Waals surface area (Å²) in [5, 5.41) is 3.06. The Morgan fingerprint density at radius 2 is 1.82 bits per heavy atom. The summed E-state index contributed by atoms with van der Waals surface area (Å²) >= 11 is 5.99. The summed E-state index contributed by atoms with van der Waals surface area (Å²) in [5.41, 5.74) is 4.83. The van der Waals surface area contributed by atoms with Gasteiger partial charge in [-0.05, 0) is 56.0 Å². The lowest BCUT2D eigenvalue weighted by molar-refractivity contribution is -0.137. The molecular weight excluding hydrogens is 566 g/mol. The predicted octanol–water partition coefficient (Wildman–Crippen LogP) is 2.69.